The Morgan fingerprint density at radius 3 is 2.67 bits per heavy atom. The van der Waals surface area contributed by atoms with E-state index in [1.165, 1.54) is 25.4 Å². The maximum atomic E-state index is 13.6. The number of pyridine rings is 1. The molecular formula is C24H21F3N2O6S. The minimum Gasteiger partial charge on any atom is -0.497 e. The fourth-order valence-electron chi connectivity index (χ4n) is 3.79. The van der Waals surface area contributed by atoms with Crippen LogP contribution in [0.1, 0.15) is 18.4 Å². The molecule has 2 heterocycles. The van der Waals surface area contributed by atoms with Gasteiger partial charge in [-0.25, -0.2) is 8.42 Å². The van der Waals surface area contributed by atoms with E-state index in [1.54, 1.807) is 18.2 Å². The summed E-state index contributed by atoms with van der Waals surface area (Å²) in [5, 5.41) is 9.04. The van der Waals surface area contributed by atoms with E-state index in [9.17, 15) is 26.4 Å². The third kappa shape index (κ3) is 5.23. The number of aliphatic carboxylic acids is 1. The van der Waals surface area contributed by atoms with E-state index in [-0.39, 0.29) is 30.8 Å². The molecule has 0 radical (unpaired) electrons. The zero-order valence-electron chi connectivity index (χ0n) is 18.9. The molecule has 0 saturated heterocycles. The molecule has 3 aromatic rings. The summed E-state index contributed by atoms with van der Waals surface area (Å²) in [6.45, 7) is -0.284. The van der Waals surface area contributed by atoms with E-state index >= 15 is 0 Å². The lowest BCUT2D eigenvalue weighted by atomic mass is 10.1. The van der Waals surface area contributed by atoms with Crippen LogP contribution in [0, 0.1) is 0 Å². The Morgan fingerprint density at radius 1 is 1.19 bits per heavy atom. The number of rotatable bonds is 7. The molecule has 0 amide bonds. The van der Waals surface area contributed by atoms with Crippen LogP contribution in [0.3, 0.4) is 0 Å². The fraction of sp³-hybridized carbons (Fsp3) is 0.250. The molecule has 0 spiro atoms. The Balaban J connectivity index is 1.81. The first-order valence-electron chi connectivity index (χ1n) is 10.7. The van der Waals surface area contributed by atoms with Crippen LogP contribution in [0.4, 0.5) is 18.9 Å². The Hall–Kier alpha value is -3.80. The van der Waals surface area contributed by atoms with Crippen molar-refractivity contribution in [1.82, 2.24) is 4.98 Å². The minimum atomic E-state index is -4.73. The number of alkyl halides is 3. The zero-order chi connectivity index (χ0) is 26.1. The predicted octanol–water partition coefficient (Wildman–Crippen LogP) is 4.60. The van der Waals surface area contributed by atoms with Crippen LogP contribution < -0.4 is 13.8 Å². The summed E-state index contributed by atoms with van der Waals surface area (Å²) in [4.78, 5) is 14.8. The number of carboxylic acid groups (broad SMARTS) is 1. The van der Waals surface area contributed by atoms with Crippen molar-refractivity contribution in [2.75, 3.05) is 18.0 Å². The van der Waals surface area contributed by atoms with Gasteiger partial charge >= 0.3 is 12.1 Å². The number of carboxylic acids is 1. The number of anilines is 1. The van der Waals surface area contributed by atoms with Gasteiger partial charge in [-0.2, -0.15) is 13.2 Å². The second-order valence-electron chi connectivity index (χ2n) is 8.00. The van der Waals surface area contributed by atoms with Crippen LogP contribution in [0.25, 0.3) is 11.3 Å². The van der Waals surface area contributed by atoms with E-state index in [0.29, 0.717) is 23.1 Å². The number of hydrogen-bond acceptors (Lipinski definition) is 6. The summed E-state index contributed by atoms with van der Waals surface area (Å²) in [7, 11) is -2.99. The number of ether oxygens (including phenoxy) is 2. The first-order valence-corrected chi connectivity index (χ1v) is 12.2. The van der Waals surface area contributed by atoms with Gasteiger partial charge in [0.25, 0.3) is 10.0 Å². The van der Waals surface area contributed by atoms with E-state index in [2.05, 4.69) is 4.98 Å². The van der Waals surface area contributed by atoms with Crippen LogP contribution in [0.2, 0.25) is 0 Å². The molecule has 190 valence electrons. The quantitative estimate of drug-likeness (QED) is 0.484. The number of benzene rings is 2. The molecular weight excluding hydrogens is 501 g/mol. The molecule has 1 unspecified atom stereocenters. The highest BCUT2D eigenvalue weighted by atomic mass is 32.2. The molecule has 1 aliphatic heterocycles. The summed E-state index contributed by atoms with van der Waals surface area (Å²) in [5.41, 5.74) is -0.0130. The van der Waals surface area contributed by atoms with E-state index in [1.807, 2.05) is 0 Å². The maximum absolute atomic E-state index is 13.6. The number of hydrogen-bond donors (Lipinski definition) is 1. The number of fused-ring (bicyclic) bond motifs is 1. The summed E-state index contributed by atoms with van der Waals surface area (Å²) < 4.78 is 79.1. The Morgan fingerprint density at radius 2 is 1.97 bits per heavy atom. The van der Waals surface area contributed by atoms with Gasteiger partial charge in [0.05, 0.1) is 35.5 Å². The largest absolute Gasteiger partial charge is 0.497 e. The van der Waals surface area contributed by atoms with Gasteiger partial charge in [-0.1, -0.05) is 6.07 Å². The molecule has 1 aromatic heterocycles. The standard InChI is InChI=1S/C24H21F3N2O6S/c1-34-17-9-10-28-20(13-17)15-5-7-22-21(11-15)29(14-18(35-22)6-8-23(30)31)36(32,33)19-4-2-3-16(12-19)24(25,26)27/h2-5,7,9-13,18H,6,8,14H2,1H3,(H,30,31). The van der Waals surface area contributed by atoms with E-state index < -0.39 is 38.7 Å². The Labute approximate surface area is 205 Å². The first-order chi connectivity index (χ1) is 17.0. The second-order valence-corrected chi connectivity index (χ2v) is 9.86. The summed E-state index contributed by atoms with van der Waals surface area (Å²) in [6, 6.07) is 11.4. The third-order valence-electron chi connectivity index (χ3n) is 5.58. The van der Waals surface area contributed by atoms with Gasteiger partial charge in [0.15, 0.2) is 0 Å². The highest BCUT2D eigenvalue weighted by Crippen LogP contribution is 2.41. The lowest BCUT2D eigenvalue weighted by Crippen LogP contribution is -2.43. The molecule has 8 nitrogen and oxygen atoms in total. The van der Waals surface area contributed by atoms with Gasteiger partial charge in [0.2, 0.25) is 0 Å². The highest BCUT2D eigenvalue weighted by molar-refractivity contribution is 7.92. The van der Waals surface area contributed by atoms with Crippen LogP contribution in [-0.4, -0.2) is 44.2 Å². The third-order valence-corrected chi connectivity index (χ3v) is 7.36. The van der Waals surface area contributed by atoms with Crippen LogP contribution in [-0.2, 0) is 21.0 Å². The van der Waals surface area contributed by atoms with E-state index in [0.717, 1.165) is 22.5 Å². The SMILES string of the molecule is COc1ccnc(-c2ccc3c(c2)N(S(=O)(=O)c2cccc(C(F)(F)F)c2)CC(CCC(=O)O)O3)c1. The smallest absolute Gasteiger partial charge is 0.416 e. The van der Waals surface area contributed by atoms with Crippen molar-refractivity contribution in [3.05, 3.63) is 66.4 Å². The minimum absolute atomic E-state index is 0.00255. The van der Waals surface area contributed by atoms with Crippen molar-refractivity contribution in [3.8, 4) is 22.8 Å². The summed E-state index contributed by atoms with van der Waals surface area (Å²) in [5.74, 6) is -0.411. The first kappa shape index (κ1) is 25.3. The molecule has 1 N–H and O–H groups in total. The normalized spacial score (nSPS) is 15.7. The number of sulfonamides is 1. The molecule has 0 saturated carbocycles. The zero-order valence-corrected chi connectivity index (χ0v) is 19.7. The Bertz CT molecular complexity index is 1390. The van der Waals surface area contributed by atoms with Gasteiger partial charge in [0.1, 0.15) is 17.6 Å². The van der Waals surface area contributed by atoms with Crippen molar-refractivity contribution >= 4 is 21.7 Å². The van der Waals surface area contributed by atoms with Crippen molar-refractivity contribution in [2.45, 2.75) is 30.0 Å². The van der Waals surface area contributed by atoms with Crippen LogP contribution >= 0.6 is 0 Å². The highest BCUT2D eigenvalue weighted by Gasteiger charge is 2.37. The predicted molar refractivity (Wildman–Crippen MR) is 123 cm³/mol. The monoisotopic (exact) mass is 522 g/mol. The molecule has 4 rings (SSSR count). The number of nitrogens with zero attached hydrogens (tertiary/aromatic N) is 2. The van der Waals surface area contributed by atoms with Crippen LogP contribution in [0.15, 0.2) is 65.7 Å². The van der Waals surface area contributed by atoms with Crippen molar-refractivity contribution in [1.29, 1.82) is 0 Å². The average molecular weight is 523 g/mol. The fourth-order valence-corrected chi connectivity index (χ4v) is 5.33. The Kier molecular flexibility index (Phi) is 6.81. The number of halogens is 3. The lowest BCUT2D eigenvalue weighted by Gasteiger charge is -2.35. The van der Waals surface area contributed by atoms with Gasteiger partial charge < -0.3 is 14.6 Å². The van der Waals surface area contributed by atoms with Crippen molar-refractivity contribution in [2.24, 2.45) is 0 Å². The average Bonchev–Trinajstić information content (AvgIpc) is 2.86. The van der Waals surface area contributed by atoms with Gasteiger partial charge in [-0.05, 0) is 48.9 Å². The second kappa shape index (κ2) is 9.69. The van der Waals surface area contributed by atoms with Gasteiger partial charge in [0, 0.05) is 24.2 Å². The molecule has 36 heavy (non-hydrogen) atoms. The molecule has 2 aromatic carbocycles. The van der Waals surface area contributed by atoms with Crippen molar-refractivity contribution in [3.63, 3.8) is 0 Å². The van der Waals surface area contributed by atoms with E-state index in [4.69, 9.17) is 14.6 Å². The molecule has 0 fully saturated rings. The maximum Gasteiger partial charge on any atom is 0.416 e. The molecule has 12 heteroatoms. The number of aromatic nitrogens is 1. The van der Waals surface area contributed by atoms with Crippen molar-refractivity contribution < 1.29 is 41.0 Å². The topological polar surface area (TPSA) is 106 Å². The number of methoxy groups -OCH3 is 1. The summed E-state index contributed by atoms with van der Waals surface area (Å²) in [6.07, 6.45) is -4.31. The molecule has 1 atom stereocenters. The molecule has 1 aliphatic rings. The number of carbonyl (C=O) groups is 1. The van der Waals surface area contributed by atoms with Crippen LogP contribution in [0.5, 0.6) is 11.5 Å². The molecule has 0 bridgehead atoms. The van der Waals surface area contributed by atoms with Gasteiger partial charge in [-0.3, -0.25) is 14.1 Å². The lowest BCUT2D eigenvalue weighted by molar-refractivity contribution is -0.138. The summed E-state index contributed by atoms with van der Waals surface area (Å²) >= 11 is 0. The van der Waals surface area contributed by atoms with Gasteiger partial charge in [-0.15, -0.1) is 0 Å². The molecule has 0 aliphatic carbocycles.